The van der Waals surface area contributed by atoms with Crippen LogP contribution >= 0.6 is 0 Å². The number of benzene rings is 3. The van der Waals surface area contributed by atoms with E-state index in [-0.39, 0.29) is 30.3 Å². The first-order valence-corrected chi connectivity index (χ1v) is 11.9. The van der Waals surface area contributed by atoms with E-state index in [4.69, 9.17) is 14.2 Å². The van der Waals surface area contributed by atoms with Gasteiger partial charge in [-0.25, -0.2) is 18.4 Å². The molecule has 0 aromatic heterocycles. The molecule has 8 heteroatoms. The smallest absolute Gasteiger partial charge is 0.407 e. The van der Waals surface area contributed by atoms with Crippen LogP contribution in [0.5, 0.6) is 5.75 Å². The van der Waals surface area contributed by atoms with Crippen molar-refractivity contribution in [1.82, 2.24) is 5.32 Å². The first-order chi connectivity index (χ1) is 17.6. The van der Waals surface area contributed by atoms with Gasteiger partial charge < -0.3 is 19.5 Å². The molecule has 4 rings (SSSR count). The van der Waals surface area contributed by atoms with Gasteiger partial charge in [0.05, 0.1) is 7.11 Å². The van der Waals surface area contributed by atoms with Crippen molar-refractivity contribution in [1.29, 1.82) is 0 Å². The Labute approximate surface area is 214 Å². The highest BCUT2D eigenvalue weighted by Crippen LogP contribution is 2.44. The number of hydrogen-bond acceptors (Lipinski definition) is 5. The summed E-state index contributed by atoms with van der Waals surface area (Å²) in [7, 11) is 1.25. The largest absolute Gasteiger partial charge is 0.494 e. The highest BCUT2D eigenvalue weighted by Gasteiger charge is 2.31. The van der Waals surface area contributed by atoms with Gasteiger partial charge in [-0.1, -0.05) is 48.5 Å². The molecule has 1 aliphatic carbocycles. The molecule has 0 heterocycles. The second-order valence-corrected chi connectivity index (χ2v) is 9.84. The highest BCUT2D eigenvalue weighted by atomic mass is 19.1. The maximum absolute atomic E-state index is 14.5. The van der Waals surface area contributed by atoms with Crippen LogP contribution < -0.4 is 10.1 Å². The first kappa shape index (κ1) is 26.1. The van der Waals surface area contributed by atoms with Gasteiger partial charge in [-0.2, -0.15) is 0 Å². The topological polar surface area (TPSA) is 73.9 Å². The Balaban J connectivity index is 1.51. The molecule has 37 heavy (non-hydrogen) atoms. The minimum absolute atomic E-state index is 0.0203. The number of hydrogen-bond donors (Lipinski definition) is 1. The molecule has 1 N–H and O–H groups in total. The van der Waals surface area contributed by atoms with Gasteiger partial charge in [-0.05, 0) is 54.7 Å². The van der Waals surface area contributed by atoms with Crippen molar-refractivity contribution in [2.24, 2.45) is 0 Å². The first-order valence-electron chi connectivity index (χ1n) is 11.9. The molecule has 1 unspecified atom stereocenters. The monoisotopic (exact) mass is 509 g/mol. The summed E-state index contributed by atoms with van der Waals surface area (Å²) in [6.07, 6.45) is -1.14. The number of ether oxygens (including phenoxy) is 3. The molecule has 0 aliphatic heterocycles. The SMILES string of the molecule is COc1cc(CC(NC(=O)OCC2c3ccccc3-c3ccccc32)C(=O)OC(C)(C)C)c(F)cc1F. The van der Waals surface area contributed by atoms with E-state index in [2.05, 4.69) is 5.32 Å². The number of esters is 1. The minimum Gasteiger partial charge on any atom is -0.494 e. The molecule has 1 aliphatic rings. The maximum atomic E-state index is 14.5. The zero-order valence-electron chi connectivity index (χ0n) is 21.1. The standard InChI is InChI=1S/C29H29F2NO5/c1-29(2,3)37-27(33)25(13-17-14-26(35-4)24(31)15-23(17)30)32-28(34)36-16-22-20-11-7-5-9-18(20)19-10-6-8-12-21(19)22/h5-12,14-15,22,25H,13,16H2,1-4H3,(H,32,34). The number of carbonyl (C=O) groups excluding carboxylic acids is 2. The normalized spacial score (nSPS) is 13.4. The van der Waals surface area contributed by atoms with Crippen LogP contribution in [-0.2, 0) is 20.7 Å². The Morgan fingerprint density at radius 1 is 0.946 bits per heavy atom. The molecule has 3 aromatic rings. The predicted octanol–water partition coefficient (Wildman–Crippen LogP) is 5.76. The molecule has 0 radical (unpaired) electrons. The summed E-state index contributed by atoms with van der Waals surface area (Å²) < 4.78 is 44.3. The van der Waals surface area contributed by atoms with Crippen LogP contribution in [0.4, 0.5) is 13.6 Å². The number of alkyl carbamates (subject to hydrolysis) is 1. The Kier molecular flexibility index (Phi) is 7.47. The van der Waals surface area contributed by atoms with Crippen LogP contribution in [-0.4, -0.2) is 37.4 Å². The molecule has 3 aromatic carbocycles. The maximum Gasteiger partial charge on any atom is 0.407 e. The molecule has 0 saturated heterocycles. The van der Waals surface area contributed by atoms with Gasteiger partial charge in [-0.15, -0.1) is 0 Å². The fraction of sp³-hybridized carbons (Fsp3) is 0.310. The lowest BCUT2D eigenvalue weighted by Crippen LogP contribution is -2.46. The van der Waals surface area contributed by atoms with Gasteiger partial charge in [0.1, 0.15) is 24.1 Å². The Bertz CT molecular complexity index is 1270. The Hall–Kier alpha value is -3.94. The number of halogens is 2. The Morgan fingerprint density at radius 3 is 2.11 bits per heavy atom. The third-order valence-corrected chi connectivity index (χ3v) is 6.07. The van der Waals surface area contributed by atoms with Crippen molar-refractivity contribution < 1.29 is 32.6 Å². The van der Waals surface area contributed by atoms with E-state index in [1.165, 1.54) is 7.11 Å². The van der Waals surface area contributed by atoms with E-state index in [0.29, 0.717) is 6.07 Å². The lowest BCUT2D eigenvalue weighted by Gasteiger charge is -2.25. The molecule has 0 spiro atoms. The summed E-state index contributed by atoms with van der Waals surface area (Å²) in [5, 5.41) is 2.50. The summed E-state index contributed by atoms with van der Waals surface area (Å²) in [6, 6.07) is 16.4. The van der Waals surface area contributed by atoms with E-state index in [1.807, 2.05) is 48.5 Å². The molecule has 1 amide bonds. The zero-order valence-corrected chi connectivity index (χ0v) is 21.1. The van der Waals surface area contributed by atoms with Gasteiger partial charge >= 0.3 is 12.1 Å². The number of carbonyl (C=O) groups is 2. The Morgan fingerprint density at radius 2 is 1.54 bits per heavy atom. The molecule has 0 bridgehead atoms. The van der Waals surface area contributed by atoms with Crippen molar-refractivity contribution in [3.8, 4) is 16.9 Å². The average Bonchev–Trinajstić information content (AvgIpc) is 3.16. The van der Waals surface area contributed by atoms with Crippen molar-refractivity contribution >= 4 is 12.1 Å². The van der Waals surface area contributed by atoms with Gasteiger partial charge in [0.2, 0.25) is 0 Å². The minimum atomic E-state index is -1.28. The second kappa shape index (κ2) is 10.6. The van der Waals surface area contributed by atoms with Crippen LogP contribution in [0.3, 0.4) is 0 Å². The van der Waals surface area contributed by atoms with Crippen LogP contribution in [0.25, 0.3) is 11.1 Å². The summed E-state index contributed by atoms with van der Waals surface area (Å²) in [6.45, 7) is 5.07. The number of nitrogens with one attached hydrogen (secondary N) is 1. The van der Waals surface area contributed by atoms with Crippen molar-refractivity contribution in [3.05, 3.63) is 89.0 Å². The van der Waals surface area contributed by atoms with Gasteiger partial charge in [0.25, 0.3) is 0 Å². The number of amides is 1. The molecule has 194 valence electrons. The lowest BCUT2D eigenvalue weighted by molar-refractivity contribution is -0.157. The zero-order chi connectivity index (χ0) is 26.7. The summed E-state index contributed by atoms with van der Waals surface area (Å²) >= 11 is 0. The molecule has 6 nitrogen and oxygen atoms in total. The van der Waals surface area contributed by atoms with Gasteiger partial charge in [0, 0.05) is 18.4 Å². The number of rotatable bonds is 7. The molecule has 0 saturated carbocycles. The molecule has 1 atom stereocenters. The molecule has 0 fully saturated rings. The van der Waals surface area contributed by atoms with Gasteiger partial charge in [-0.3, -0.25) is 0 Å². The van der Waals surface area contributed by atoms with Crippen molar-refractivity contribution in [2.75, 3.05) is 13.7 Å². The van der Waals surface area contributed by atoms with E-state index in [1.54, 1.807) is 20.8 Å². The summed E-state index contributed by atoms with van der Waals surface area (Å²) in [4.78, 5) is 25.7. The van der Waals surface area contributed by atoms with Crippen LogP contribution in [0, 0.1) is 11.6 Å². The van der Waals surface area contributed by atoms with Gasteiger partial charge in [0.15, 0.2) is 11.6 Å². The summed E-state index contributed by atoms with van der Waals surface area (Å²) in [5.74, 6) is -2.87. The second-order valence-electron chi connectivity index (χ2n) is 9.84. The quantitative estimate of drug-likeness (QED) is 0.410. The average molecular weight is 510 g/mol. The third kappa shape index (κ3) is 5.90. The van der Waals surface area contributed by atoms with Crippen LogP contribution in [0.15, 0.2) is 60.7 Å². The molecular formula is C29H29F2NO5. The fourth-order valence-electron chi connectivity index (χ4n) is 4.45. The van der Waals surface area contributed by atoms with Crippen LogP contribution in [0.2, 0.25) is 0 Å². The molecular weight excluding hydrogens is 480 g/mol. The van der Waals surface area contributed by atoms with E-state index < -0.39 is 35.3 Å². The third-order valence-electron chi connectivity index (χ3n) is 6.07. The van der Waals surface area contributed by atoms with Crippen LogP contribution in [0.1, 0.15) is 43.4 Å². The van der Waals surface area contributed by atoms with Crippen molar-refractivity contribution in [3.63, 3.8) is 0 Å². The van der Waals surface area contributed by atoms with Crippen molar-refractivity contribution in [2.45, 2.75) is 44.8 Å². The van der Waals surface area contributed by atoms with E-state index >= 15 is 0 Å². The summed E-state index contributed by atoms with van der Waals surface area (Å²) in [5.41, 5.74) is 3.38. The predicted molar refractivity (Wildman–Crippen MR) is 134 cm³/mol. The highest BCUT2D eigenvalue weighted by molar-refractivity contribution is 5.82. The number of fused-ring (bicyclic) bond motifs is 3. The van der Waals surface area contributed by atoms with E-state index in [0.717, 1.165) is 28.3 Å². The fourth-order valence-corrected chi connectivity index (χ4v) is 4.45. The lowest BCUT2D eigenvalue weighted by atomic mass is 9.98. The number of methoxy groups -OCH3 is 1. The van der Waals surface area contributed by atoms with E-state index in [9.17, 15) is 18.4 Å².